The number of hydrogen-bond donors (Lipinski definition) is 0. The molecule has 0 radical (unpaired) electrons. The van der Waals surface area contributed by atoms with E-state index in [1.807, 2.05) is 0 Å². The van der Waals surface area contributed by atoms with Crippen molar-refractivity contribution in [1.82, 2.24) is 0 Å². The molecule has 0 aliphatic heterocycles. The number of carbonyl (C=O) groups excluding carboxylic acids is 2. The fourth-order valence-electron chi connectivity index (χ4n) is 3.09. The Morgan fingerprint density at radius 2 is 0.545 bits per heavy atom. The molecule has 0 fully saturated rings. The van der Waals surface area contributed by atoms with Crippen molar-refractivity contribution in [2.75, 3.05) is 13.3 Å². The van der Waals surface area contributed by atoms with Crippen molar-refractivity contribution in [1.29, 1.82) is 0 Å². The standard InChI is InChI=1S/2C13H13P.2CHO.Ni/c2*1-14(12-8-4-2-5-9-12)13-10-6-3-7-11-13;2*1-2;/h2*2-11H,1H3;2*1H;/q;;2*-1;+2/p+2. The molecule has 2 nitrogen and oxygen atoms in total. The fraction of sp³-hybridized carbons (Fsp3) is 0.0714. The van der Waals surface area contributed by atoms with E-state index in [4.69, 9.17) is 9.59 Å². The van der Waals surface area contributed by atoms with Gasteiger partial charge in [-0.2, -0.15) is 0 Å². The van der Waals surface area contributed by atoms with Crippen LogP contribution in [0.3, 0.4) is 0 Å². The number of hydrogen-bond acceptors (Lipinski definition) is 2. The van der Waals surface area contributed by atoms with Gasteiger partial charge in [0.1, 0.15) is 0 Å². The average Bonchev–Trinajstić information content (AvgIpc) is 2.92. The van der Waals surface area contributed by atoms with Crippen molar-refractivity contribution < 1.29 is 26.1 Å². The zero-order valence-electron chi connectivity index (χ0n) is 18.8. The summed E-state index contributed by atoms with van der Waals surface area (Å²) in [6.07, 6.45) is 0. The van der Waals surface area contributed by atoms with Crippen molar-refractivity contribution in [2.24, 2.45) is 0 Å². The van der Waals surface area contributed by atoms with E-state index in [-0.39, 0.29) is 16.5 Å². The average molecular weight is 519 g/mol. The van der Waals surface area contributed by atoms with Gasteiger partial charge in [0, 0.05) is 0 Å². The predicted octanol–water partition coefficient (Wildman–Crippen LogP) is 4.41. The quantitative estimate of drug-likeness (QED) is 0.173. The topological polar surface area (TPSA) is 34.1 Å². The summed E-state index contributed by atoms with van der Waals surface area (Å²) in [6, 6.07) is 43.0. The van der Waals surface area contributed by atoms with Gasteiger partial charge < -0.3 is 9.59 Å². The van der Waals surface area contributed by atoms with E-state index >= 15 is 0 Å². The van der Waals surface area contributed by atoms with E-state index in [1.54, 1.807) is 0 Å². The van der Waals surface area contributed by atoms with Crippen LogP contribution in [0.1, 0.15) is 0 Å². The third kappa shape index (κ3) is 10.8. The summed E-state index contributed by atoms with van der Waals surface area (Å²) in [5.74, 6) is 0. The van der Waals surface area contributed by atoms with E-state index in [0.29, 0.717) is 0 Å². The molecule has 0 unspecified atom stereocenters. The van der Waals surface area contributed by atoms with Gasteiger partial charge in [-0.15, -0.1) is 0 Å². The summed E-state index contributed by atoms with van der Waals surface area (Å²) in [5.41, 5.74) is 0. The van der Waals surface area contributed by atoms with E-state index in [2.05, 4.69) is 148 Å². The van der Waals surface area contributed by atoms with Gasteiger partial charge in [-0.05, 0) is 48.5 Å². The van der Waals surface area contributed by atoms with Gasteiger partial charge in [-0.3, -0.25) is 13.6 Å². The summed E-state index contributed by atoms with van der Waals surface area (Å²) in [6.45, 7) is 11.2. The molecule has 5 heteroatoms. The first kappa shape index (κ1) is 30.6. The van der Waals surface area contributed by atoms with Crippen LogP contribution >= 0.6 is 15.8 Å². The maximum Gasteiger partial charge on any atom is 2.00 e. The molecule has 0 heterocycles. The van der Waals surface area contributed by atoms with Crippen molar-refractivity contribution in [3.05, 3.63) is 121 Å². The first-order valence-electron chi connectivity index (χ1n) is 10.1. The Bertz CT molecular complexity index is 810. The molecule has 0 saturated heterocycles. The summed E-state index contributed by atoms with van der Waals surface area (Å²) in [7, 11) is -1.09. The number of rotatable bonds is 4. The molecule has 0 atom stereocenters. The van der Waals surface area contributed by atoms with Crippen LogP contribution in [-0.2, 0) is 26.1 Å². The Morgan fingerprint density at radius 3 is 0.697 bits per heavy atom. The van der Waals surface area contributed by atoms with Crippen LogP contribution < -0.4 is 21.2 Å². The second-order valence-corrected chi connectivity index (χ2v) is 11.5. The van der Waals surface area contributed by atoms with E-state index in [0.717, 1.165) is 0 Å². The molecule has 0 aromatic heterocycles. The van der Waals surface area contributed by atoms with Crippen LogP contribution in [0.25, 0.3) is 0 Å². The maximum absolute atomic E-state index is 7.75. The molecule has 0 aliphatic carbocycles. The van der Waals surface area contributed by atoms with Gasteiger partial charge in [-0.1, -0.05) is 72.8 Å². The molecule has 33 heavy (non-hydrogen) atoms. The molecular formula is C28H30NiO2P2+2. The Hall–Kier alpha value is -2.43. The largest absolute Gasteiger partial charge is 2.00 e. The van der Waals surface area contributed by atoms with Crippen molar-refractivity contribution in [3.8, 4) is 0 Å². The predicted molar refractivity (Wildman–Crippen MR) is 146 cm³/mol. The normalized spacial score (nSPS) is 9.09. The van der Waals surface area contributed by atoms with E-state index in [9.17, 15) is 0 Å². The molecular weight excluding hydrogens is 489 g/mol. The summed E-state index contributed by atoms with van der Waals surface area (Å²) in [4.78, 5) is 15.5. The molecule has 0 spiro atoms. The first-order valence-corrected chi connectivity index (χ1v) is 14.1. The molecule has 172 valence electrons. The summed E-state index contributed by atoms with van der Waals surface area (Å²) < 4.78 is 0. The third-order valence-corrected chi connectivity index (χ3v) is 9.62. The van der Waals surface area contributed by atoms with Crippen molar-refractivity contribution >= 4 is 50.6 Å². The van der Waals surface area contributed by atoms with Gasteiger partial charge in [-0.25, -0.2) is 0 Å². The second kappa shape index (κ2) is 19.1. The van der Waals surface area contributed by atoms with Crippen molar-refractivity contribution in [2.45, 2.75) is 0 Å². The molecule has 0 aliphatic rings. The van der Waals surface area contributed by atoms with Crippen LogP contribution in [0.5, 0.6) is 0 Å². The second-order valence-electron chi connectivity index (χ2n) is 6.71. The van der Waals surface area contributed by atoms with E-state index < -0.39 is 15.8 Å². The Balaban J connectivity index is 0.000000526. The minimum Gasteiger partial charge on any atom is -0.545 e. The Morgan fingerprint density at radius 1 is 0.394 bits per heavy atom. The van der Waals surface area contributed by atoms with Gasteiger partial charge in [0.25, 0.3) is 0 Å². The first-order chi connectivity index (χ1) is 15.8. The van der Waals surface area contributed by atoms with Gasteiger partial charge in [0.2, 0.25) is 0 Å². The smallest absolute Gasteiger partial charge is 0.545 e. The maximum atomic E-state index is 7.75. The van der Waals surface area contributed by atoms with Gasteiger partial charge in [0.05, 0.1) is 50.4 Å². The van der Waals surface area contributed by atoms with Crippen LogP contribution in [0.15, 0.2) is 121 Å². The van der Waals surface area contributed by atoms with Crippen LogP contribution in [0.2, 0.25) is 0 Å². The Kier molecular flexibility index (Phi) is 17.7. The molecule has 4 aromatic carbocycles. The van der Waals surface area contributed by atoms with Crippen molar-refractivity contribution in [3.63, 3.8) is 0 Å². The SMILES string of the molecule is C[PH+](c1ccccc1)c1ccccc1.C[PH+](c1ccccc1)c1ccccc1.[CH-]=O.[CH-]=O.[Ni+2]. The molecule has 4 aromatic rings. The minimum absolute atomic E-state index is 0. The van der Waals surface area contributed by atoms with Gasteiger partial charge in [0.15, 0.2) is 0 Å². The van der Waals surface area contributed by atoms with Crippen LogP contribution in [-0.4, -0.2) is 26.9 Å². The summed E-state index contributed by atoms with van der Waals surface area (Å²) in [5, 5.41) is 5.90. The molecule has 0 bridgehead atoms. The minimum atomic E-state index is -0.545. The monoisotopic (exact) mass is 518 g/mol. The van der Waals surface area contributed by atoms with Gasteiger partial charge >= 0.3 is 16.5 Å². The van der Waals surface area contributed by atoms with E-state index in [1.165, 1.54) is 21.2 Å². The molecule has 0 saturated carbocycles. The van der Waals surface area contributed by atoms with Crippen LogP contribution in [0.4, 0.5) is 0 Å². The molecule has 4 rings (SSSR count). The fourth-order valence-corrected chi connectivity index (χ4v) is 6.52. The number of benzene rings is 4. The zero-order valence-corrected chi connectivity index (χ0v) is 21.8. The Labute approximate surface area is 210 Å². The third-order valence-electron chi connectivity index (χ3n) is 4.83. The summed E-state index contributed by atoms with van der Waals surface area (Å²) >= 11 is 0. The zero-order chi connectivity index (χ0) is 23.6. The molecule has 0 amide bonds. The van der Waals surface area contributed by atoms with Crippen LogP contribution in [0, 0.1) is 0 Å². The molecule has 0 N–H and O–H groups in total.